The third-order valence-corrected chi connectivity index (χ3v) is 5.87. The van der Waals surface area contributed by atoms with Crippen molar-refractivity contribution in [3.8, 4) is 5.75 Å². The molecule has 0 unspecified atom stereocenters. The van der Waals surface area contributed by atoms with Crippen LogP contribution < -0.4 is 9.73 Å². The molecule has 2 heteroatoms. The minimum atomic E-state index is 0.751. The van der Waals surface area contributed by atoms with E-state index in [1.165, 1.54) is 5.56 Å². The second kappa shape index (κ2) is 9.54. The second-order valence-corrected chi connectivity index (χ2v) is 8.10. The van der Waals surface area contributed by atoms with Gasteiger partial charge in [0.1, 0.15) is 11.5 Å². The van der Waals surface area contributed by atoms with Crippen molar-refractivity contribution in [3.05, 3.63) is 149 Å². The molecule has 1 heterocycles. The molecule has 0 bridgehead atoms. The summed E-state index contributed by atoms with van der Waals surface area (Å²) in [6.45, 7) is 2.89. The van der Waals surface area contributed by atoms with Crippen molar-refractivity contribution in [1.82, 2.24) is 0 Å². The topological polar surface area (TPSA) is 23.2 Å². The Balaban J connectivity index is 1.66. The summed E-state index contributed by atoms with van der Waals surface area (Å²) in [5.41, 5.74) is 7.94. The average molecular weight is 429 g/mol. The molecule has 0 saturated heterocycles. The van der Waals surface area contributed by atoms with E-state index in [0.717, 1.165) is 51.6 Å². The molecule has 1 aliphatic heterocycles. The van der Waals surface area contributed by atoms with Gasteiger partial charge in [0.2, 0.25) is 5.71 Å². The van der Waals surface area contributed by atoms with E-state index in [2.05, 4.69) is 90.8 Å². The largest absolute Gasteiger partial charge is 0.456 e. The van der Waals surface area contributed by atoms with Crippen LogP contribution in [0.25, 0.3) is 11.3 Å². The zero-order valence-electron chi connectivity index (χ0n) is 18.7. The lowest BCUT2D eigenvalue weighted by atomic mass is 9.91. The average Bonchev–Trinajstić information content (AvgIpc) is 2.89. The molecule has 5 rings (SSSR count). The maximum Gasteiger partial charge on any atom is 0.206 e. The zero-order chi connectivity index (χ0) is 22.5. The fourth-order valence-electron chi connectivity index (χ4n) is 4.13. The van der Waals surface area contributed by atoms with E-state index in [0.29, 0.717) is 0 Å². The summed E-state index contributed by atoms with van der Waals surface area (Å²) in [5, 5.41) is 0. The van der Waals surface area contributed by atoms with Crippen LogP contribution in [0.2, 0.25) is 0 Å². The van der Waals surface area contributed by atoms with Crippen molar-refractivity contribution < 1.29 is 9.73 Å². The third kappa shape index (κ3) is 4.56. The van der Waals surface area contributed by atoms with Crippen molar-refractivity contribution in [2.75, 3.05) is 0 Å². The van der Waals surface area contributed by atoms with Crippen LogP contribution >= 0.6 is 0 Å². The molecule has 2 nitrogen and oxygen atoms in total. The molecule has 33 heavy (non-hydrogen) atoms. The van der Waals surface area contributed by atoms with E-state index >= 15 is 0 Å². The van der Waals surface area contributed by atoms with Crippen molar-refractivity contribution in [1.29, 1.82) is 0 Å². The first-order chi connectivity index (χ1) is 16.3. The van der Waals surface area contributed by atoms with E-state index in [-0.39, 0.29) is 0 Å². The standard InChI is InChI=1S/C31H25NO/c1-23-28(27-19-11-12-20-30(27)33-31(23)26-17-9-4-10-18-26)21-29(25-15-7-3-8-16-25)32-22-24-13-5-2-6-14-24/h2-21H,22H2,1H3/p+1/b28-21-,32-29?. The Hall–Kier alpha value is -4.17. The van der Waals surface area contributed by atoms with Crippen LogP contribution in [0.4, 0.5) is 0 Å². The van der Waals surface area contributed by atoms with Gasteiger partial charge in [0.25, 0.3) is 0 Å². The van der Waals surface area contributed by atoms with Crippen LogP contribution in [0.5, 0.6) is 5.75 Å². The Morgan fingerprint density at radius 3 is 2.06 bits per heavy atom. The maximum atomic E-state index is 6.39. The van der Waals surface area contributed by atoms with E-state index in [4.69, 9.17) is 4.74 Å². The van der Waals surface area contributed by atoms with Gasteiger partial charge in [-0.05, 0) is 30.7 Å². The first-order valence-corrected chi connectivity index (χ1v) is 11.3. The second-order valence-electron chi connectivity index (χ2n) is 8.10. The minimum Gasteiger partial charge on any atom is -0.456 e. The molecular formula is C31H26NO+. The smallest absolute Gasteiger partial charge is 0.206 e. The van der Waals surface area contributed by atoms with Gasteiger partial charge >= 0.3 is 0 Å². The number of nitrogens with one attached hydrogen (secondary N) is 1. The lowest BCUT2D eigenvalue weighted by Gasteiger charge is -2.24. The molecule has 160 valence electrons. The monoisotopic (exact) mass is 428 g/mol. The van der Waals surface area contributed by atoms with E-state index in [1.54, 1.807) is 0 Å². The summed E-state index contributed by atoms with van der Waals surface area (Å²) < 4.78 is 6.39. The molecule has 0 atom stereocenters. The number of allylic oxidation sites excluding steroid dienone is 3. The summed E-state index contributed by atoms with van der Waals surface area (Å²) in [4.78, 5) is 3.68. The van der Waals surface area contributed by atoms with Gasteiger partial charge in [0.05, 0.1) is 0 Å². The lowest BCUT2D eigenvalue weighted by Crippen LogP contribution is -2.71. The van der Waals surface area contributed by atoms with Gasteiger partial charge in [-0.25, -0.2) is 4.99 Å². The van der Waals surface area contributed by atoms with Gasteiger partial charge in [0.15, 0.2) is 6.54 Å². The predicted octanol–water partition coefficient (Wildman–Crippen LogP) is 5.66. The van der Waals surface area contributed by atoms with Crippen molar-refractivity contribution in [2.45, 2.75) is 13.5 Å². The highest BCUT2D eigenvalue weighted by molar-refractivity contribution is 6.12. The molecule has 4 aromatic carbocycles. The number of hydrogen-bond donors (Lipinski definition) is 1. The van der Waals surface area contributed by atoms with E-state index < -0.39 is 0 Å². The summed E-state index contributed by atoms with van der Waals surface area (Å²) in [6.07, 6.45) is 2.26. The van der Waals surface area contributed by atoms with Crippen LogP contribution in [0, 0.1) is 0 Å². The molecule has 0 saturated carbocycles. The minimum absolute atomic E-state index is 0.751. The summed E-state index contributed by atoms with van der Waals surface area (Å²) in [7, 11) is 0. The zero-order valence-corrected chi connectivity index (χ0v) is 18.7. The van der Waals surface area contributed by atoms with Crippen LogP contribution in [0.1, 0.15) is 29.2 Å². The number of para-hydroxylation sites is 1. The molecule has 0 radical (unpaired) electrons. The van der Waals surface area contributed by atoms with Crippen molar-refractivity contribution in [2.24, 2.45) is 0 Å². The Morgan fingerprint density at radius 2 is 1.33 bits per heavy atom. The van der Waals surface area contributed by atoms with Crippen LogP contribution in [-0.4, -0.2) is 5.71 Å². The fraction of sp³-hybridized carbons (Fsp3) is 0.0645. The number of fused-ring (bicyclic) bond motifs is 1. The van der Waals surface area contributed by atoms with Gasteiger partial charge in [-0.3, -0.25) is 0 Å². The Bertz CT molecular complexity index is 1330. The van der Waals surface area contributed by atoms with Crippen LogP contribution in [0.3, 0.4) is 0 Å². The van der Waals surface area contributed by atoms with Gasteiger partial charge in [-0.15, -0.1) is 0 Å². The number of benzene rings is 4. The molecule has 4 aromatic rings. The first kappa shape index (κ1) is 20.7. The molecule has 0 amide bonds. The van der Waals surface area contributed by atoms with Gasteiger partial charge < -0.3 is 4.74 Å². The molecule has 0 aliphatic carbocycles. The highest BCUT2D eigenvalue weighted by Gasteiger charge is 2.24. The molecule has 0 spiro atoms. The van der Waals surface area contributed by atoms with E-state index in [9.17, 15) is 0 Å². The number of hydrogen-bond acceptors (Lipinski definition) is 1. The SMILES string of the molecule is CC1=C(c2ccccc2)Oc2ccccc2/C1=C\C(=[NH+]Cc1ccccc1)c1ccccc1. The summed E-state index contributed by atoms with van der Waals surface area (Å²) >= 11 is 0. The number of ether oxygens (including phenoxy) is 1. The van der Waals surface area contributed by atoms with E-state index in [1.807, 2.05) is 42.5 Å². The maximum absolute atomic E-state index is 6.39. The Labute approximate surface area is 195 Å². The molecular weight excluding hydrogens is 402 g/mol. The molecule has 1 aliphatic rings. The number of rotatable bonds is 5. The highest BCUT2D eigenvalue weighted by Crippen LogP contribution is 2.41. The van der Waals surface area contributed by atoms with Crippen molar-refractivity contribution >= 4 is 17.0 Å². The van der Waals surface area contributed by atoms with Crippen molar-refractivity contribution in [3.63, 3.8) is 0 Å². The summed E-state index contributed by atoms with van der Waals surface area (Å²) in [6, 6.07) is 39.6. The molecule has 1 N–H and O–H groups in total. The Kier molecular flexibility index (Phi) is 5.99. The summed E-state index contributed by atoms with van der Waals surface area (Å²) in [5.74, 6) is 1.78. The fourth-order valence-corrected chi connectivity index (χ4v) is 4.13. The van der Waals surface area contributed by atoms with Gasteiger partial charge in [-0.2, -0.15) is 0 Å². The normalized spacial score (nSPS) is 14.7. The lowest BCUT2D eigenvalue weighted by molar-refractivity contribution is -0.473. The third-order valence-electron chi connectivity index (χ3n) is 5.87. The van der Waals surface area contributed by atoms with Crippen LogP contribution in [-0.2, 0) is 6.54 Å². The quantitative estimate of drug-likeness (QED) is 0.407. The molecule has 0 fully saturated rings. The van der Waals surface area contributed by atoms with Gasteiger partial charge in [-0.1, -0.05) is 97.1 Å². The molecule has 0 aromatic heterocycles. The van der Waals surface area contributed by atoms with Gasteiger partial charge in [0, 0.05) is 33.9 Å². The highest BCUT2D eigenvalue weighted by atomic mass is 16.5. The predicted molar refractivity (Wildman–Crippen MR) is 136 cm³/mol. The van der Waals surface area contributed by atoms with Crippen LogP contribution in [0.15, 0.2) is 127 Å². The Morgan fingerprint density at radius 1 is 0.727 bits per heavy atom. The first-order valence-electron chi connectivity index (χ1n) is 11.3.